The second-order valence-electron chi connectivity index (χ2n) is 6.92. The molecule has 0 radical (unpaired) electrons. The number of aliphatic hydroxyl groups is 1. The highest BCUT2D eigenvalue weighted by molar-refractivity contribution is 7.89. The van der Waals surface area contributed by atoms with E-state index in [4.69, 9.17) is 0 Å². The molecule has 0 aliphatic heterocycles. The number of hydrogen-bond donors (Lipinski definition) is 2. The van der Waals surface area contributed by atoms with E-state index in [2.05, 4.69) is 4.72 Å². The van der Waals surface area contributed by atoms with E-state index in [1.165, 1.54) is 0 Å². The molecule has 0 saturated carbocycles. The summed E-state index contributed by atoms with van der Waals surface area (Å²) in [6.07, 6.45) is 0.454. The van der Waals surface area contributed by atoms with Gasteiger partial charge in [-0.2, -0.15) is 0 Å². The first-order valence-electron chi connectivity index (χ1n) is 9.29. The van der Waals surface area contributed by atoms with Crippen molar-refractivity contribution < 1.29 is 13.5 Å². The molecule has 0 aromatic heterocycles. The summed E-state index contributed by atoms with van der Waals surface area (Å²) in [6.45, 7) is 1.86. The van der Waals surface area contributed by atoms with Gasteiger partial charge in [-0.3, -0.25) is 0 Å². The van der Waals surface area contributed by atoms with Gasteiger partial charge in [0.2, 0.25) is 10.0 Å². The Labute approximate surface area is 166 Å². The molecule has 3 aromatic rings. The van der Waals surface area contributed by atoms with E-state index in [-0.39, 0.29) is 17.4 Å². The van der Waals surface area contributed by atoms with E-state index < -0.39 is 16.1 Å². The highest BCUT2D eigenvalue weighted by Gasteiger charge is 2.25. The summed E-state index contributed by atoms with van der Waals surface area (Å²) in [5, 5.41) is 9.94. The Morgan fingerprint density at radius 1 is 0.821 bits per heavy atom. The molecular formula is C23H25NO3S. The Hall–Kier alpha value is -2.47. The highest BCUT2D eigenvalue weighted by Crippen LogP contribution is 2.29. The number of rotatable bonds is 8. The zero-order valence-corrected chi connectivity index (χ0v) is 16.6. The van der Waals surface area contributed by atoms with Gasteiger partial charge in [0.1, 0.15) is 0 Å². The monoisotopic (exact) mass is 395 g/mol. The number of aliphatic hydroxyl groups excluding tert-OH is 1. The third-order valence-corrected chi connectivity index (χ3v) is 6.33. The Bertz CT molecular complexity index is 971. The van der Waals surface area contributed by atoms with Gasteiger partial charge in [-0.05, 0) is 36.6 Å². The molecule has 28 heavy (non-hydrogen) atoms. The maximum atomic E-state index is 13.0. The molecule has 0 fully saturated rings. The van der Waals surface area contributed by atoms with Gasteiger partial charge in [0.15, 0.2) is 0 Å². The van der Waals surface area contributed by atoms with E-state index in [1.54, 1.807) is 24.3 Å². The average molecular weight is 396 g/mol. The number of hydrogen-bond acceptors (Lipinski definition) is 3. The lowest BCUT2D eigenvalue weighted by Crippen LogP contribution is -2.30. The third kappa shape index (κ3) is 5.07. The minimum Gasteiger partial charge on any atom is -0.396 e. The molecule has 5 heteroatoms. The smallest absolute Gasteiger partial charge is 0.241 e. The van der Waals surface area contributed by atoms with Crippen LogP contribution < -0.4 is 4.72 Å². The maximum Gasteiger partial charge on any atom is 0.241 e. The summed E-state index contributed by atoms with van der Waals surface area (Å²) in [4.78, 5) is 0.235. The van der Waals surface area contributed by atoms with Crippen molar-refractivity contribution in [2.24, 2.45) is 0 Å². The topological polar surface area (TPSA) is 66.4 Å². The molecule has 0 bridgehead atoms. The van der Waals surface area contributed by atoms with Gasteiger partial charge < -0.3 is 5.11 Å². The van der Waals surface area contributed by atoms with Crippen molar-refractivity contribution in [2.75, 3.05) is 6.61 Å². The molecule has 2 N–H and O–H groups in total. The fourth-order valence-electron chi connectivity index (χ4n) is 3.24. The van der Waals surface area contributed by atoms with Crippen LogP contribution in [0.3, 0.4) is 0 Å². The summed E-state index contributed by atoms with van der Waals surface area (Å²) >= 11 is 0. The highest BCUT2D eigenvalue weighted by atomic mass is 32.2. The van der Waals surface area contributed by atoms with Crippen molar-refractivity contribution in [1.29, 1.82) is 0 Å². The summed E-state index contributed by atoms with van der Waals surface area (Å²) in [5.41, 5.74) is 2.86. The van der Waals surface area contributed by atoms with E-state index >= 15 is 0 Å². The molecule has 0 aliphatic rings. The minimum absolute atomic E-state index is 0.0559. The van der Waals surface area contributed by atoms with E-state index in [0.717, 1.165) is 16.7 Å². The molecule has 3 aromatic carbocycles. The number of benzene rings is 3. The first kappa shape index (κ1) is 20.3. The van der Waals surface area contributed by atoms with Crippen molar-refractivity contribution in [1.82, 2.24) is 4.72 Å². The second-order valence-corrected chi connectivity index (χ2v) is 8.64. The van der Waals surface area contributed by atoms with Crippen LogP contribution in [0.4, 0.5) is 0 Å². The van der Waals surface area contributed by atoms with Gasteiger partial charge in [0.05, 0.1) is 4.90 Å². The van der Waals surface area contributed by atoms with Crippen molar-refractivity contribution >= 4 is 10.0 Å². The predicted octanol–water partition coefficient (Wildman–Crippen LogP) is 4.18. The summed E-state index contributed by atoms with van der Waals surface area (Å²) in [7, 11) is -3.69. The van der Waals surface area contributed by atoms with Crippen LogP contribution >= 0.6 is 0 Å². The fourth-order valence-corrected chi connectivity index (χ4v) is 4.47. The van der Waals surface area contributed by atoms with Crippen LogP contribution in [0.25, 0.3) is 0 Å². The van der Waals surface area contributed by atoms with Crippen LogP contribution in [0, 0.1) is 6.92 Å². The van der Waals surface area contributed by atoms with Crippen LogP contribution in [0.1, 0.15) is 35.1 Å². The Kier molecular flexibility index (Phi) is 6.62. The molecule has 0 spiro atoms. The van der Waals surface area contributed by atoms with Crippen LogP contribution in [-0.4, -0.2) is 20.1 Å². The first-order valence-corrected chi connectivity index (χ1v) is 10.8. The molecule has 0 amide bonds. The Morgan fingerprint density at radius 3 is 1.89 bits per heavy atom. The quantitative estimate of drug-likeness (QED) is 0.601. The fraction of sp³-hybridized carbons (Fsp3) is 0.217. The largest absolute Gasteiger partial charge is 0.396 e. The zero-order chi connectivity index (χ0) is 20.0. The summed E-state index contributed by atoms with van der Waals surface area (Å²) < 4.78 is 28.8. The van der Waals surface area contributed by atoms with Crippen LogP contribution in [0.15, 0.2) is 89.8 Å². The SMILES string of the molecule is Cc1ccc(S(=O)(=O)NC(CC(CO)c2ccccc2)c2ccccc2)cc1. The number of sulfonamides is 1. The van der Waals surface area contributed by atoms with Crippen LogP contribution in [-0.2, 0) is 10.0 Å². The van der Waals surface area contributed by atoms with Gasteiger partial charge in [-0.1, -0.05) is 78.4 Å². The predicted molar refractivity (Wildman–Crippen MR) is 112 cm³/mol. The van der Waals surface area contributed by atoms with E-state index in [1.807, 2.05) is 67.6 Å². The Morgan fingerprint density at radius 2 is 1.36 bits per heavy atom. The van der Waals surface area contributed by atoms with Gasteiger partial charge >= 0.3 is 0 Å². The van der Waals surface area contributed by atoms with Crippen molar-refractivity contribution in [2.45, 2.75) is 30.2 Å². The van der Waals surface area contributed by atoms with Gasteiger partial charge in [-0.15, -0.1) is 0 Å². The number of nitrogens with one attached hydrogen (secondary N) is 1. The molecule has 4 nitrogen and oxygen atoms in total. The molecule has 146 valence electrons. The van der Waals surface area contributed by atoms with Crippen LogP contribution in [0.2, 0.25) is 0 Å². The van der Waals surface area contributed by atoms with Crippen molar-refractivity contribution in [3.8, 4) is 0 Å². The van der Waals surface area contributed by atoms with Gasteiger partial charge in [0, 0.05) is 18.6 Å². The Balaban J connectivity index is 1.90. The van der Waals surface area contributed by atoms with Gasteiger partial charge in [0.25, 0.3) is 0 Å². The van der Waals surface area contributed by atoms with Crippen molar-refractivity contribution in [3.63, 3.8) is 0 Å². The van der Waals surface area contributed by atoms with Crippen LogP contribution in [0.5, 0.6) is 0 Å². The first-order chi connectivity index (χ1) is 13.5. The third-order valence-electron chi connectivity index (χ3n) is 4.84. The zero-order valence-electron chi connectivity index (χ0n) is 15.8. The number of aryl methyl sites for hydroxylation is 1. The van der Waals surface area contributed by atoms with E-state index in [0.29, 0.717) is 6.42 Å². The van der Waals surface area contributed by atoms with Gasteiger partial charge in [-0.25, -0.2) is 13.1 Å². The van der Waals surface area contributed by atoms with E-state index in [9.17, 15) is 13.5 Å². The summed E-state index contributed by atoms with van der Waals surface area (Å²) in [6, 6.07) is 25.5. The summed E-state index contributed by atoms with van der Waals surface area (Å²) in [5.74, 6) is -0.174. The molecular weight excluding hydrogens is 370 g/mol. The molecule has 2 unspecified atom stereocenters. The maximum absolute atomic E-state index is 13.0. The standard InChI is InChI=1S/C23H25NO3S/c1-18-12-14-22(15-13-18)28(26,27)24-23(20-10-6-3-7-11-20)16-21(17-25)19-8-4-2-5-9-19/h2-15,21,23-25H,16-17H2,1H3. The molecule has 0 heterocycles. The molecule has 0 aliphatic carbocycles. The second kappa shape index (κ2) is 9.15. The molecule has 0 saturated heterocycles. The molecule has 2 atom stereocenters. The lowest BCUT2D eigenvalue weighted by atomic mass is 9.90. The lowest BCUT2D eigenvalue weighted by Gasteiger charge is -2.24. The minimum atomic E-state index is -3.69. The normalized spacial score (nSPS) is 13.8. The van der Waals surface area contributed by atoms with Crippen molar-refractivity contribution in [3.05, 3.63) is 102 Å². The lowest BCUT2D eigenvalue weighted by molar-refractivity contribution is 0.251. The molecule has 3 rings (SSSR count). The average Bonchev–Trinajstić information content (AvgIpc) is 2.72.